The Bertz CT molecular complexity index is 1290. The topological polar surface area (TPSA) is 101 Å². The first-order valence-electron chi connectivity index (χ1n) is 10.9. The number of nitrogens with one attached hydrogen (secondary N) is 1. The normalized spacial score (nSPS) is 18.1. The number of para-hydroxylation sites is 2. The second-order valence-corrected chi connectivity index (χ2v) is 8.03. The van der Waals surface area contributed by atoms with E-state index in [1.165, 1.54) is 0 Å². The number of benzene rings is 1. The molecule has 0 spiro atoms. The number of H-pyrrole nitrogens is 1. The highest BCUT2D eigenvalue weighted by atomic mass is 16.5. The average molecular weight is 441 g/mol. The van der Waals surface area contributed by atoms with Gasteiger partial charge in [-0.3, -0.25) is 9.59 Å². The molecule has 1 unspecified atom stereocenters. The molecule has 0 saturated heterocycles. The van der Waals surface area contributed by atoms with Crippen LogP contribution in [-0.2, 0) is 4.79 Å². The minimum atomic E-state index is -0.308. The van der Waals surface area contributed by atoms with Crippen LogP contribution in [0.3, 0.4) is 0 Å². The third kappa shape index (κ3) is 4.32. The fourth-order valence-corrected chi connectivity index (χ4v) is 4.02. The second-order valence-electron chi connectivity index (χ2n) is 8.03. The van der Waals surface area contributed by atoms with Crippen molar-refractivity contribution >= 4 is 28.3 Å². The van der Waals surface area contributed by atoms with Gasteiger partial charge >= 0.3 is 0 Å². The summed E-state index contributed by atoms with van der Waals surface area (Å²) in [4.78, 5) is 42.6. The first kappa shape index (κ1) is 20.8. The lowest BCUT2D eigenvalue weighted by molar-refractivity contribution is -0.128. The van der Waals surface area contributed by atoms with E-state index >= 15 is 0 Å². The fourth-order valence-electron chi connectivity index (χ4n) is 4.02. The Hall–Kier alpha value is -4.07. The highest BCUT2D eigenvalue weighted by Gasteiger charge is 2.24. The summed E-state index contributed by atoms with van der Waals surface area (Å²) in [6.45, 7) is 2.77. The number of ether oxygens (including phenoxy) is 1. The van der Waals surface area contributed by atoms with Crippen molar-refractivity contribution in [2.24, 2.45) is 5.92 Å². The summed E-state index contributed by atoms with van der Waals surface area (Å²) in [6, 6.07) is 7.58. The number of aromatic nitrogens is 4. The maximum absolute atomic E-state index is 12.9. The molecule has 1 aliphatic heterocycles. The van der Waals surface area contributed by atoms with Gasteiger partial charge in [0.05, 0.1) is 11.0 Å². The number of aromatic amines is 1. The zero-order chi connectivity index (χ0) is 22.8. The molecule has 1 aliphatic carbocycles. The maximum atomic E-state index is 12.9. The first-order valence-corrected chi connectivity index (χ1v) is 10.9. The molecule has 8 heteroatoms. The number of allylic oxidation sites excluding steroid dienone is 3. The maximum Gasteiger partial charge on any atom is 0.245 e. The van der Waals surface area contributed by atoms with E-state index in [0.29, 0.717) is 49.1 Å². The van der Waals surface area contributed by atoms with Crippen molar-refractivity contribution < 1.29 is 14.3 Å². The summed E-state index contributed by atoms with van der Waals surface area (Å²) in [5.41, 5.74) is 3.31. The molecule has 0 fully saturated rings. The largest absolute Gasteiger partial charge is 0.437 e. The van der Waals surface area contributed by atoms with Crippen molar-refractivity contribution in [1.82, 2.24) is 24.8 Å². The molecular formula is C25H23N5O3. The van der Waals surface area contributed by atoms with E-state index < -0.39 is 0 Å². The lowest BCUT2D eigenvalue weighted by atomic mass is 9.95. The van der Waals surface area contributed by atoms with E-state index in [9.17, 15) is 9.59 Å². The van der Waals surface area contributed by atoms with Crippen molar-refractivity contribution in [2.75, 3.05) is 13.1 Å². The summed E-state index contributed by atoms with van der Waals surface area (Å²) in [7, 11) is 0. The Kier molecular flexibility index (Phi) is 5.56. The molecule has 0 bridgehead atoms. The van der Waals surface area contributed by atoms with Gasteiger partial charge in [0.1, 0.15) is 11.5 Å². The van der Waals surface area contributed by atoms with Gasteiger partial charge in [0.2, 0.25) is 17.6 Å². The first-order chi connectivity index (χ1) is 16.1. The molecule has 3 aromatic rings. The predicted octanol–water partition coefficient (Wildman–Crippen LogP) is 3.71. The number of fused-ring (bicyclic) bond motifs is 1. The number of amides is 1. The summed E-state index contributed by atoms with van der Waals surface area (Å²) in [5.74, 6) is 1.09. The smallest absolute Gasteiger partial charge is 0.245 e. The van der Waals surface area contributed by atoms with Crippen LogP contribution in [0.15, 0.2) is 66.7 Å². The van der Waals surface area contributed by atoms with Crippen molar-refractivity contribution in [3.63, 3.8) is 0 Å². The molecule has 2 aromatic heterocycles. The SMILES string of the molecule is CC(=O)N1CC=C(c2nccnc2OC2=CCC(C(=O)c3nc4ccccc4[nH]3)C=C2)CC1. The minimum absolute atomic E-state index is 0.0553. The van der Waals surface area contributed by atoms with E-state index in [4.69, 9.17) is 4.74 Å². The zero-order valence-corrected chi connectivity index (χ0v) is 18.2. The highest BCUT2D eigenvalue weighted by Crippen LogP contribution is 2.29. The Morgan fingerprint density at radius 2 is 2.00 bits per heavy atom. The van der Waals surface area contributed by atoms with Gasteiger partial charge < -0.3 is 14.6 Å². The number of nitrogens with zero attached hydrogens (tertiary/aromatic N) is 4. The number of hydrogen-bond donors (Lipinski definition) is 1. The van der Waals surface area contributed by atoms with E-state index in [2.05, 4.69) is 19.9 Å². The number of carbonyl (C=O) groups excluding carboxylic acids is 2. The molecule has 166 valence electrons. The van der Waals surface area contributed by atoms with Crippen molar-refractivity contribution in [1.29, 1.82) is 0 Å². The fraction of sp³-hybridized carbons (Fsp3) is 0.240. The molecule has 1 N–H and O–H groups in total. The van der Waals surface area contributed by atoms with E-state index in [-0.39, 0.29) is 17.6 Å². The Labute approximate surface area is 190 Å². The van der Waals surface area contributed by atoms with Crippen LogP contribution in [0.1, 0.15) is 36.1 Å². The average Bonchev–Trinajstić information content (AvgIpc) is 3.29. The van der Waals surface area contributed by atoms with Crippen LogP contribution in [0.4, 0.5) is 0 Å². The van der Waals surface area contributed by atoms with Gasteiger partial charge in [-0.1, -0.05) is 24.3 Å². The summed E-state index contributed by atoms with van der Waals surface area (Å²) < 4.78 is 6.04. The Morgan fingerprint density at radius 3 is 2.73 bits per heavy atom. The van der Waals surface area contributed by atoms with E-state index in [1.54, 1.807) is 30.3 Å². The summed E-state index contributed by atoms with van der Waals surface area (Å²) in [5, 5.41) is 0. The molecule has 0 radical (unpaired) electrons. The van der Waals surface area contributed by atoms with Crippen LogP contribution in [0.2, 0.25) is 0 Å². The van der Waals surface area contributed by atoms with E-state index in [1.807, 2.05) is 42.5 Å². The van der Waals surface area contributed by atoms with Gasteiger partial charge in [-0.2, -0.15) is 0 Å². The monoisotopic (exact) mass is 441 g/mol. The van der Waals surface area contributed by atoms with Crippen LogP contribution < -0.4 is 4.74 Å². The van der Waals surface area contributed by atoms with Gasteiger partial charge in [-0.05, 0) is 42.7 Å². The minimum Gasteiger partial charge on any atom is -0.437 e. The predicted molar refractivity (Wildman–Crippen MR) is 123 cm³/mol. The van der Waals surface area contributed by atoms with Gasteiger partial charge in [0, 0.05) is 38.3 Å². The van der Waals surface area contributed by atoms with Crippen molar-refractivity contribution in [3.05, 3.63) is 78.2 Å². The standard InChI is InChI=1S/C25H23N5O3/c1-16(31)30-14-10-17(11-15-30)22-25(27-13-12-26-22)33-19-8-6-18(7-9-19)23(32)24-28-20-4-2-3-5-21(20)29-24/h2-6,8-10,12-13,18H,7,11,14-15H2,1H3,(H,28,29). The molecule has 1 atom stereocenters. The van der Waals surface area contributed by atoms with Crippen LogP contribution in [0, 0.1) is 5.92 Å². The van der Waals surface area contributed by atoms with Gasteiger partial charge in [-0.15, -0.1) is 0 Å². The van der Waals surface area contributed by atoms with Crippen LogP contribution in [0.25, 0.3) is 16.6 Å². The highest BCUT2D eigenvalue weighted by molar-refractivity contribution is 5.98. The lowest BCUT2D eigenvalue weighted by Gasteiger charge is -2.25. The van der Waals surface area contributed by atoms with Gasteiger partial charge in [-0.25, -0.2) is 15.0 Å². The second kappa shape index (κ2) is 8.82. The molecule has 0 saturated carbocycles. The molecule has 2 aliphatic rings. The quantitative estimate of drug-likeness (QED) is 0.606. The third-order valence-electron chi connectivity index (χ3n) is 5.86. The molecule has 1 amide bonds. The summed E-state index contributed by atoms with van der Waals surface area (Å²) >= 11 is 0. The Morgan fingerprint density at radius 1 is 1.15 bits per heavy atom. The number of rotatable bonds is 5. The molecular weight excluding hydrogens is 418 g/mol. The molecule has 8 nitrogen and oxygen atoms in total. The lowest BCUT2D eigenvalue weighted by Crippen LogP contribution is -2.32. The molecule has 5 rings (SSSR count). The summed E-state index contributed by atoms with van der Waals surface area (Å²) in [6.07, 6.45) is 11.9. The van der Waals surface area contributed by atoms with Crippen LogP contribution >= 0.6 is 0 Å². The number of hydrogen-bond acceptors (Lipinski definition) is 6. The molecule has 3 heterocycles. The van der Waals surface area contributed by atoms with E-state index in [0.717, 1.165) is 16.6 Å². The van der Waals surface area contributed by atoms with Gasteiger partial charge in [0.15, 0.2) is 5.82 Å². The Balaban J connectivity index is 1.28. The number of ketones is 1. The van der Waals surface area contributed by atoms with Crippen LogP contribution in [-0.4, -0.2) is 49.6 Å². The third-order valence-corrected chi connectivity index (χ3v) is 5.86. The van der Waals surface area contributed by atoms with Crippen molar-refractivity contribution in [3.8, 4) is 5.88 Å². The number of carbonyl (C=O) groups is 2. The molecule has 1 aromatic carbocycles. The van der Waals surface area contributed by atoms with Crippen LogP contribution in [0.5, 0.6) is 5.88 Å². The number of imidazole rings is 1. The van der Waals surface area contributed by atoms with Crippen molar-refractivity contribution in [2.45, 2.75) is 19.8 Å². The molecule has 33 heavy (non-hydrogen) atoms. The zero-order valence-electron chi connectivity index (χ0n) is 18.2. The number of Topliss-reactive ketones (excluding diaryl/α,β-unsaturated/α-hetero) is 1. The van der Waals surface area contributed by atoms with Gasteiger partial charge in [0.25, 0.3) is 0 Å².